The number of carbonyl (C=O) groups is 1. The summed E-state index contributed by atoms with van der Waals surface area (Å²) in [5, 5.41) is 0.138. The maximum atomic E-state index is 11.4. The van der Waals surface area contributed by atoms with E-state index in [4.69, 9.17) is 17.3 Å². The molecule has 2 heterocycles. The van der Waals surface area contributed by atoms with E-state index in [1.54, 1.807) is 18.5 Å². The van der Waals surface area contributed by atoms with Crippen LogP contribution < -0.4 is 5.73 Å². The third kappa shape index (κ3) is 1.26. The van der Waals surface area contributed by atoms with Gasteiger partial charge in [-0.3, -0.25) is 9.20 Å². The van der Waals surface area contributed by atoms with Crippen molar-refractivity contribution in [3.05, 3.63) is 29.3 Å². The van der Waals surface area contributed by atoms with Gasteiger partial charge in [0.05, 0.1) is 6.54 Å². The average molecular weight is 211 g/mol. The number of rotatable bonds is 2. The molecule has 0 saturated carbocycles. The van der Waals surface area contributed by atoms with Crippen molar-refractivity contribution < 1.29 is 4.79 Å². The van der Waals surface area contributed by atoms with Crippen LogP contribution in [0.1, 0.15) is 10.5 Å². The van der Waals surface area contributed by atoms with Gasteiger partial charge in [-0.1, -0.05) is 11.6 Å². The number of nitrogens with two attached hydrogens (primary N) is 1. The summed E-state index contributed by atoms with van der Waals surface area (Å²) in [4.78, 5) is 19.3. The SMILES string of the molecule is NCC(=O)c1c(Cl)nc2ncccn12. The summed E-state index contributed by atoms with van der Waals surface area (Å²) in [6.45, 7) is -0.0948. The molecule has 0 fully saturated rings. The minimum absolute atomic E-state index is 0.0948. The van der Waals surface area contributed by atoms with Crippen molar-refractivity contribution in [1.29, 1.82) is 0 Å². The summed E-state index contributed by atoms with van der Waals surface area (Å²) in [6.07, 6.45) is 3.25. The fourth-order valence-corrected chi connectivity index (χ4v) is 1.48. The van der Waals surface area contributed by atoms with Crippen LogP contribution in [-0.4, -0.2) is 26.7 Å². The Morgan fingerprint density at radius 1 is 1.64 bits per heavy atom. The molecule has 5 nitrogen and oxygen atoms in total. The summed E-state index contributed by atoms with van der Waals surface area (Å²) in [5.41, 5.74) is 5.54. The Kier molecular flexibility index (Phi) is 2.18. The molecule has 72 valence electrons. The number of halogens is 1. The van der Waals surface area contributed by atoms with Crippen molar-refractivity contribution in [1.82, 2.24) is 14.4 Å². The number of ketones is 1. The molecule has 6 heteroatoms. The Labute approximate surface area is 84.5 Å². The van der Waals surface area contributed by atoms with E-state index in [9.17, 15) is 4.79 Å². The molecular weight excluding hydrogens is 204 g/mol. The van der Waals surface area contributed by atoms with Crippen LogP contribution in [0.3, 0.4) is 0 Å². The largest absolute Gasteiger partial charge is 0.324 e. The first-order valence-corrected chi connectivity index (χ1v) is 4.33. The zero-order chi connectivity index (χ0) is 10.1. The van der Waals surface area contributed by atoms with Gasteiger partial charge in [0.1, 0.15) is 5.69 Å². The van der Waals surface area contributed by atoms with Crippen molar-refractivity contribution in [3.8, 4) is 0 Å². The van der Waals surface area contributed by atoms with Crippen LogP contribution in [0.15, 0.2) is 18.5 Å². The lowest BCUT2D eigenvalue weighted by Crippen LogP contribution is -2.16. The van der Waals surface area contributed by atoms with Gasteiger partial charge in [-0.15, -0.1) is 0 Å². The Morgan fingerprint density at radius 2 is 2.43 bits per heavy atom. The molecule has 0 spiro atoms. The minimum atomic E-state index is -0.254. The van der Waals surface area contributed by atoms with Crippen LogP contribution in [0, 0.1) is 0 Å². The highest BCUT2D eigenvalue weighted by Crippen LogP contribution is 2.16. The second-order valence-electron chi connectivity index (χ2n) is 2.67. The molecule has 2 N–H and O–H groups in total. The Bertz CT molecular complexity index is 493. The number of hydrogen-bond acceptors (Lipinski definition) is 4. The van der Waals surface area contributed by atoms with Crippen LogP contribution in [0.25, 0.3) is 5.78 Å². The molecule has 0 saturated heterocycles. The number of aromatic nitrogens is 3. The van der Waals surface area contributed by atoms with E-state index in [2.05, 4.69) is 9.97 Å². The quantitative estimate of drug-likeness (QED) is 0.734. The van der Waals surface area contributed by atoms with E-state index in [-0.39, 0.29) is 23.2 Å². The van der Waals surface area contributed by atoms with Gasteiger partial charge in [0.2, 0.25) is 5.78 Å². The summed E-state index contributed by atoms with van der Waals surface area (Å²) in [5.74, 6) is 0.143. The molecule has 0 radical (unpaired) electrons. The van der Waals surface area contributed by atoms with E-state index in [0.717, 1.165) is 0 Å². The molecule has 0 amide bonds. The van der Waals surface area contributed by atoms with Crippen LogP contribution >= 0.6 is 11.6 Å². The number of nitrogens with zero attached hydrogens (tertiary/aromatic N) is 3. The Morgan fingerprint density at radius 3 is 3.14 bits per heavy atom. The Balaban J connectivity index is 2.74. The molecule has 2 aromatic rings. The second kappa shape index (κ2) is 3.36. The first kappa shape index (κ1) is 9.11. The zero-order valence-electron chi connectivity index (χ0n) is 7.14. The molecule has 0 bridgehead atoms. The standard InChI is InChI=1S/C8H7ClN4O/c9-7-6(5(14)4-10)13-3-1-2-11-8(13)12-7/h1-3H,4,10H2. The normalized spacial score (nSPS) is 10.7. The average Bonchev–Trinajstić information content (AvgIpc) is 2.53. The molecule has 2 aromatic heterocycles. The molecule has 0 aliphatic carbocycles. The fraction of sp³-hybridized carbons (Fsp3) is 0.125. The number of fused-ring (bicyclic) bond motifs is 1. The van der Waals surface area contributed by atoms with Gasteiger partial charge in [-0.05, 0) is 6.07 Å². The lowest BCUT2D eigenvalue weighted by molar-refractivity contribution is 0.0996. The number of Topliss-reactive ketones (excluding diaryl/α,β-unsaturated/α-hetero) is 1. The molecule has 0 aliphatic heterocycles. The minimum Gasteiger partial charge on any atom is -0.324 e. The van der Waals surface area contributed by atoms with Gasteiger partial charge < -0.3 is 5.73 Å². The third-order valence-corrected chi connectivity index (χ3v) is 2.07. The van der Waals surface area contributed by atoms with Crippen molar-refractivity contribution in [3.63, 3.8) is 0 Å². The highest BCUT2D eigenvalue weighted by atomic mass is 35.5. The summed E-state index contributed by atoms with van der Waals surface area (Å²) < 4.78 is 1.53. The fourth-order valence-electron chi connectivity index (χ4n) is 1.21. The highest BCUT2D eigenvalue weighted by Gasteiger charge is 2.16. The Hall–Kier alpha value is -1.46. The van der Waals surface area contributed by atoms with E-state index in [0.29, 0.717) is 5.78 Å². The number of carbonyl (C=O) groups excluding carboxylic acids is 1. The lowest BCUT2D eigenvalue weighted by Gasteiger charge is -1.97. The molecule has 2 rings (SSSR count). The summed E-state index contributed by atoms with van der Waals surface area (Å²) in [6, 6.07) is 1.69. The smallest absolute Gasteiger partial charge is 0.235 e. The summed E-state index contributed by atoms with van der Waals surface area (Å²) in [7, 11) is 0. The van der Waals surface area contributed by atoms with Crippen molar-refractivity contribution in [2.75, 3.05) is 6.54 Å². The first-order chi connectivity index (χ1) is 6.74. The molecule has 0 atom stereocenters. The monoisotopic (exact) mass is 210 g/mol. The van der Waals surface area contributed by atoms with Crippen molar-refractivity contribution in [2.24, 2.45) is 5.73 Å². The lowest BCUT2D eigenvalue weighted by atomic mass is 10.3. The highest BCUT2D eigenvalue weighted by molar-refractivity contribution is 6.32. The predicted molar refractivity (Wildman–Crippen MR) is 51.4 cm³/mol. The number of imidazole rings is 1. The van der Waals surface area contributed by atoms with Crippen molar-refractivity contribution >= 4 is 23.2 Å². The second-order valence-corrected chi connectivity index (χ2v) is 3.03. The third-order valence-electron chi connectivity index (χ3n) is 1.81. The maximum absolute atomic E-state index is 11.4. The van der Waals surface area contributed by atoms with Gasteiger partial charge in [0.25, 0.3) is 0 Å². The first-order valence-electron chi connectivity index (χ1n) is 3.96. The van der Waals surface area contributed by atoms with Gasteiger partial charge in [-0.2, -0.15) is 4.98 Å². The molecule has 0 aliphatic rings. The van der Waals surface area contributed by atoms with E-state index < -0.39 is 0 Å². The topological polar surface area (TPSA) is 73.3 Å². The van der Waals surface area contributed by atoms with E-state index >= 15 is 0 Å². The van der Waals surface area contributed by atoms with Crippen LogP contribution in [0.2, 0.25) is 5.15 Å². The van der Waals surface area contributed by atoms with Crippen molar-refractivity contribution in [2.45, 2.75) is 0 Å². The molecule has 14 heavy (non-hydrogen) atoms. The van der Waals surface area contributed by atoms with Gasteiger partial charge in [0.15, 0.2) is 10.9 Å². The zero-order valence-corrected chi connectivity index (χ0v) is 7.90. The van der Waals surface area contributed by atoms with Gasteiger partial charge in [-0.25, -0.2) is 4.98 Å². The molecule has 0 unspecified atom stereocenters. The van der Waals surface area contributed by atoms with Gasteiger partial charge >= 0.3 is 0 Å². The summed E-state index contributed by atoms with van der Waals surface area (Å²) >= 11 is 5.79. The predicted octanol–water partition coefficient (Wildman–Crippen LogP) is 0.524. The molecule has 0 aromatic carbocycles. The van der Waals surface area contributed by atoms with Crippen LogP contribution in [-0.2, 0) is 0 Å². The maximum Gasteiger partial charge on any atom is 0.235 e. The molecular formula is C8H7ClN4O. The number of hydrogen-bond donors (Lipinski definition) is 1. The van der Waals surface area contributed by atoms with Crippen LogP contribution in [0.4, 0.5) is 0 Å². The van der Waals surface area contributed by atoms with Gasteiger partial charge in [0, 0.05) is 12.4 Å². The van der Waals surface area contributed by atoms with E-state index in [1.807, 2.05) is 0 Å². The van der Waals surface area contributed by atoms with Crippen LogP contribution in [0.5, 0.6) is 0 Å². The van der Waals surface area contributed by atoms with E-state index in [1.165, 1.54) is 4.40 Å².